The maximum Gasteiger partial charge on any atom is 0.338 e. The van der Waals surface area contributed by atoms with Gasteiger partial charge in [0.1, 0.15) is 5.82 Å². The van der Waals surface area contributed by atoms with E-state index in [1.807, 2.05) is 24.3 Å². The predicted octanol–water partition coefficient (Wildman–Crippen LogP) is 8.25. The van der Waals surface area contributed by atoms with Crippen LogP contribution in [-0.4, -0.2) is 18.5 Å². The van der Waals surface area contributed by atoms with Crippen molar-refractivity contribution in [3.63, 3.8) is 0 Å². The van der Waals surface area contributed by atoms with Gasteiger partial charge in [0, 0.05) is 17.5 Å². The lowest BCUT2D eigenvalue weighted by Gasteiger charge is -2.25. The molecule has 1 aliphatic carbocycles. The highest BCUT2D eigenvalue weighted by atomic mass is 19.1. The number of unbranched alkanes of at least 4 members (excludes halogenated alkanes) is 1. The van der Waals surface area contributed by atoms with Gasteiger partial charge >= 0.3 is 5.97 Å². The van der Waals surface area contributed by atoms with E-state index in [1.54, 1.807) is 6.92 Å². The molecule has 0 N–H and O–H groups in total. The Morgan fingerprint density at radius 1 is 0.902 bits per heavy atom. The Hall–Kier alpha value is -3.91. The van der Waals surface area contributed by atoms with Crippen molar-refractivity contribution < 1.29 is 18.7 Å². The lowest BCUT2D eigenvalue weighted by Crippen LogP contribution is -2.31. The molecule has 1 aliphatic rings. The van der Waals surface area contributed by atoms with Crippen molar-refractivity contribution >= 4 is 17.6 Å². The van der Waals surface area contributed by atoms with Crippen LogP contribution in [0.3, 0.4) is 0 Å². The number of aryl methyl sites for hydroxylation is 1. The molecule has 1 fully saturated rings. The minimum Gasteiger partial charge on any atom is -0.462 e. The molecule has 1 amide bonds. The average Bonchev–Trinajstić information content (AvgIpc) is 3.52. The molecule has 3 aromatic rings. The minimum absolute atomic E-state index is 0.0956. The first-order valence-corrected chi connectivity index (χ1v) is 14.9. The smallest absolute Gasteiger partial charge is 0.338 e. The summed E-state index contributed by atoms with van der Waals surface area (Å²) in [5.74, 6) is 5.74. The highest BCUT2D eigenvalue weighted by Crippen LogP contribution is 2.30. The third-order valence-corrected chi connectivity index (χ3v) is 7.71. The fraction of sp³-hybridized carbons (Fsp3) is 0.389. The lowest BCUT2D eigenvalue weighted by atomic mass is 10.0. The van der Waals surface area contributed by atoms with Gasteiger partial charge in [-0.05, 0) is 85.7 Å². The van der Waals surface area contributed by atoms with Gasteiger partial charge in [0.15, 0.2) is 0 Å². The first-order chi connectivity index (χ1) is 20.0. The Kier molecular flexibility index (Phi) is 11.1. The Labute approximate surface area is 243 Å². The maximum absolute atomic E-state index is 15.1. The molecule has 0 aliphatic heterocycles. The molecule has 0 heterocycles. The summed E-state index contributed by atoms with van der Waals surface area (Å²) in [5, 5.41) is 0. The second-order valence-corrected chi connectivity index (χ2v) is 10.8. The van der Waals surface area contributed by atoms with Crippen molar-refractivity contribution in [1.29, 1.82) is 0 Å². The van der Waals surface area contributed by atoms with Gasteiger partial charge in [-0.3, -0.25) is 4.79 Å². The number of ether oxygens (including phenoxy) is 1. The van der Waals surface area contributed by atoms with Gasteiger partial charge in [-0.25, -0.2) is 9.18 Å². The number of carbonyl (C=O) groups excluding carboxylic acids is 2. The van der Waals surface area contributed by atoms with E-state index in [2.05, 4.69) is 43.0 Å². The number of nitrogens with zero attached hydrogens (tertiary/aromatic N) is 1. The van der Waals surface area contributed by atoms with Gasteiger partial charge in [0.05, 0.1) is 24.4 Å². The van der Waals surface area contributed by atoms with E-state index in [9.17, 15) is 9.59 Å². The Bertz CT molecular complexity index is 1360. The number of carbonyl (C=O) groups is 2. The Morgan fingerprint density at radius 3 is 2.15 bits per heavy atom. The molecule has 0 unspecified atom stereocenters. The summed E-state index contributed by atoms with van der Waals surface area (Å²) in [4.78, 5) is 27.3. The predicted molar refractivity (Wildman–Crippen MR) is 162 cm³/mol. The first-order valence-electron chi connectivity index (χ1n) is 14.9. The normalized spacial score (nSPS) is 13.0. The van der Waals surface area contributed by atoms with Crippen molar-refractivity contribution in [3.8, 4) is 11.8 Å². The summed E-state index contributed by atoms with van der Waals surface area (Å²) in [6, 6.07) is 20.1. The van der Waals surface area contributed by atoms with Crippen LogP contribution in [0.1, 0.15) is 97.8 Å². The van der Waals surface area contributed by atoms with Gasteiger partial charge in [-0.15, -0.1) is 0 Å². The third kappa shape index (κ3) is 8.79. The van der Waals surface area contributed by atoms with E-state index in [-0.39, 0.29) is 30.3 Å². The van der Waals surface area contributed by atoms with Crippen LogP contribution < -0.4 is 4.90 Å². The van der Waals surface area contributed by atoms with Crippen LogP contribution in [0.4, 0.5) is 10.1 Å². The summed E-state index contributed by atoms with van der Waals surface area (Å²) in [7, 11) is 0. The summed E-state index contributed by atoms with van der Waals surface area (Å²) in [6.45, 7) is 4.33. The number of rotatable bonds is 11. The highest BCUT2D eigenvalue weighted by Gasteiger charge is 2.24. The van der Waals surface area contributed by atoms with Gasteiger partial charge in [0.25, 0.3) is 0 Å². The van der Waals surface area contributed by atoms with Crippen LogP contribution in [0, 0.1) is 23.6 Å². The van der Waals surface area contributed by atoms with Crippen molar-refractivity contribution in [2.24, 2.45) is 5.92 Å². The molecule has 4 rings (SSSR count). The largest absolute Gasteiger partial charge is 0.462 e. The summed E-state index contributed by atoms with van der Waals surface area (Å²) < 4.78 is 20.2. The van der Waals surface area contributed by atoms with Crippen molar-refractivity contribution in [2.75, 3.05) is 11.5 Å². The SMILES string of the molecule is CCCCc1ccc(C#Cc2ccc(CN(C(=O)CCC3CCCC3)c3cc(C(=O)OCC)ccc3F)cc2)cc1. The quantitative estimate of drug-likeness (QED) is 0.177. The number of benzene rings is 3. The molecule has 4 nitrogen and oxygen atoms in total. The molecule has 3 aromatic carbocycles. The molecule has 0 saturated heterocycles. The van der Waals surface area contributed by atoms with Crippen LogP contribution in [0.15, 0.2) is 66.7 Å². The second-order valence-electron chi connectivity index (χ2n) is 10.8. The Balaban J connectivity index is 1.51. The standard InChI is InChI=1S/C36H40FNO3/c1-3-5-8-28-11-13-29(14-12-28)15-16-30-17-19-31(20-18-30)26-38(35(39)24-21-27-9-6-7-10-27)34-25-32(22-23-33(34)37)36(40)41-4-2/h11-14,17-20,22-23,25,27H,3-10,21,24,26H2,1-2H3. The van der Waals surface area contributed by atoms with E-state index in [1.165, 1.54) is 54.3 Å². The maximum atomic E-state index is 15.1. The van der Waals surface area contributed by atoms with Crippen molar-refractivity contribution in [1.82, 2.24) is 0 Å². The molecule has 0 spiro atoms. The second kappa shape index (κ2) is 15.2. The number of hydrogen-bond donors (Lipinski definition) is 0. The number of amides is 1. The molecule has 0 atom stereocenters. The van der Waals surface area contributed by atoms with Crippen LogP contribution in [0.25, 0.3) is 0 Å². The zero-order chi connectivity index (χ0) is 29.0. The van der Waals surface area contributed by atoms with Crippen LogP contribution in [0.5, 0.6) is 0 Å². The Morgan fingerprint density at radius 2 is 1.54 bits per heavy atom. The molecule has 0 radical (unpaired) electrons. The van der Waals surface area contributed by atoms with Gasteiger partial charge in [-0.1, -0.05) is 75.1 Å². The zero-order valence-electron chi connectivity index (χ0n) is 24.3. The number of halogens is 1. The minimum atomic E-state index is -0.546. The average molecular weight is 554 g/mol. The zero-order valence-corrected chi connectivity index (χ0v) is 24.3. The van der Waals surface area contributed by atoms with Crippen molar-refractivity contribution in [2.45, 2.75) is 78.2 Å². The monoisotopic (exact) mass is 553 g/mol. The molecule has 214 valence electrons. The molecule has 5 heteroatoms. The summed E-state index contributed by atoms with van der Waals surface area (Å²) in [6.07, 6.45) is 9.29. The van der Waals surface area contributed by atoms with Gasteiger partial charge in [-0.2, -0.15) is 0 Å². The first kappa shape index (κ1) is 30.1. The van der Waals surface area contributed by atoms with Gasteiger partial charge in [0.2, 0.25) is 5.91 Å². The van der Waals surface area contributed by atoms with Crippen LogP contribution in [-0.2, 0) is 22.5 Å². The van der Waals surface area contributed by atoms with E-state index in [4.69, 9.17) is 4.74 Å². The summed E-state index contributed by atoms with van der Waals surface area (Å²) >= 11 is 0. The molecular weight excluding hydrogens is 513 g/mol. The fourth-order valence-electron chi connectivity index (χ4n) is 5.29. The molecule has 1 saturated carbocycles. The van der Waals surface area contributed by atoms with Crippen molar-refractivity contribution in [3.05, 3.63) is 100 Å². The number of hydrogen-bond acceptors (Lipinski definition) is 3. The fourth-order valence-corrected chi connectivity index (χ4v) is 5.29. The van der Waals surface area contributed by atoms with Gasteiger partial charge < -0.3 is 9.64 Å². The molecular formula is C36H40FNO3. The van der Waals surface area contributed by atoms with E-state index in [0.717, 1.165) is 42.4 Å². The van der Waals surface area contributed by atoms with E-state index in [0.29, 0.717) is 12.3 Å². The molecule has 0 bridgehead atoms. The highest BCUT2D eigenvalue weighted by molar-refractivity contribution is 5.96. The molecule has 0 aromatic heterocycles. The third-order valence-electron chi connectivity index (χ3n) is 7.71. The number of esters is 1. The van der Waals surface area contributed by atoms with Crippen LogP contribution >= 0.6 is 0 Å². The summed E-state index contributed by atoms with van der Waals surface area (Å²) in [5.41, 5.74) is 4.32. The van der Waals surface area contributed by atoms with E-state index < -0.39 is 11.8 Å². The molecule has 41 heavy (non-hydrogen) atoms. The topological polar surface area (TPSA) is 46.6 Å². The van der Waals surface area contributed by atoms with E-state index >= 15 is 4.39 Å². The lowest BCUT2D eigenvalue weighted by molar-refractivity contribution is -0.119. The number of anilines is 1. The van der Waals surface area contributed by atoms with Crippen LogP contribution in [0.2, 0.25) is 0 Å².